The summed E-state index contributed by atoms with van der Waals surface area (Å²) in [5.74, 6) is -2.83. The summed E-state index contributed by atoms with van der Waals surface area (Å²) in [7, 11) is -2.20. The third-order valence-corrected chi connectivity index (χ3v) is 13.1. The van der Waals surface area contributed by atoms with Crippen LogP contribution in [0.3, 0.4) is 0 Å². The lowest BCUT2D eigenvalue weighted by atomic mass is 10.0. The van der Waals surface area contributed by atoms with Crippen molar-refractivity contribution in [2.45, 2.75) is 64.0 Å². The average molecular weight is 661 g/mol. The number of amides is 1. The van der Waals surface area contributed by atoms with Crippen molar-refractivity contribution >= 4 is 14.2 Å². The maximum absolute atomic E-state index is 14.5. The summed E-state index contributed by atoms with van der Waals surface area (Å²) in [6.45, 7) is 11.7. The molecule has 9 heteroatoms. The molecular weight excluding hydrogens is 615 g/mol. The highest BCUT2D eigenvalue weighted by Gasteiger charge is 2.39. The molecule has 0 heterocycles. The number of primary amides is 1. The minimum atomic E-state index is -3.08. The standard InChI is InChI=1S/C38H46F2N2O4Si/c1-37(2,3)47(4,5)46-35(30-18-21-34(33(24-30)36(41)43)44-26-29-12-8-6-9-13-29)25-42-23-22-28-16-19-32(20-17-28)45-27-38(39,40)31-14-10-7-11-15-31/h6-21,24,35,42H,22-23,25-27H2,1-5H3,(H2,41,43)/t35-/m1/s1. The van der Waals surface area contributed by atoms with Gasteiger partial charge in [0.05, 0.1) is 11.7 Å². The number of nitrogens with one attached hydrogen (secondary N) is 1. The van der Waals surface area contributed by atoms with Crippen molar-refractivity contribution in [2.75, 3.05) is 19.7 Å². The van der Waals surface area contributed by atoms with E-state index in [9.17, 15) is 13.6 Å². The number of carbonyl (C=O) groups excluding carboxylic acids is 1. The fourth-order valence-corrected chi connectivity index (χ4v) is 6.00. The number of ether oxygens (including phenoxy) is 2. The van der Waals surface area contributed by atoms with E-state index in [1.165, 1.54) is 12.1 Å². The summed E-state index contributed by atoms with van der Waals surface area (Å²) in [5.41, 5.74) is 8.91. The number of carbonyl (C=O) groups is 1. The zero-order chi connectivity index (χ0) is 34.1. The van der Waals surface area contributed by atoms with Crippen molar-refractivity contribution < 1.29 is 27.5 Å². The van der Waals surface area contributed by atoms with Gasteiger partial charge in [-0.3, -0.25) is 4.79 Å². The van der Waals surface area contributed by atoms with E-state index in [4.69, 9.17) is 19.6 Å². The molecule has 0 saturated carbocycles. The van der Waals surface area contributed by atoms with Crippen LogP contribution in [0.4, 0.5) is 8.78 Å². The number of benzene rings is 4. The lowest BCUT2D eigenvalue weighted by Crippen LogP contribution is -2.43. The summed E-state index contributed by atoms with van der Waals surface area (Å²) in [6.07, 6.45) is 0.394. The Kier molecular flexibility index (Phi) is 12.0. The SMILES string of the molecule is CC(C)(C)[Si](C)(C)O[C@H](CNCCc1ccc(OCC(F)(F)c2ccccc2)cc1)c1ccc(OCc2ccccc2)c(C(N)=O)c1. The second-order valence-corrected chi connectivity index (χ2v) is 18.0. The maximum atomic E-state index is 14.5. The van der Waals surface area contributed by atoms with Gasteiger partial charge in [0, 0.05) is 12.1 Å². The predicted molar refractivity (Wildman–Crippen MR) is 186 cm³/mol. The van der Waals surface area contributed by atoms with Crippen molar-refractivity contribution in [1.82, 2.24) is 5.32 Å². The molecule has 3 N–H and O–H groups in total. The van der Waals surface area contributed by atoms with Crippen molar-refractivity contribution in [3.8, 4) is 11.5 Å². The molecule has 0 spiro atoms. The normalized spacial score (nSPS) is 12.8. The third kappa shape index (κ3) is 10.2. The first-order chi connectivity index (χ1) is 22.2. The summed E-state index contributed by atoms with van der Waals surface area (Å²) in [6, 6.07) is 30.1. The maximum Gasteiger partial charge on any atom is 0.306 e. The van der Waals surface area contributed by atoms with Crippen LogP contribution in [0.25, 0.3) is 0 Å². The molecule has 1 amide bonds. The zero-order valence-electron chi connectivity index (χ0n) is 27.9. The van der Waals surface area contributed by atoms with Gasteiger partial charge in [-0.05, 0) is 72.1 Å². The topological polar surface area (TPSA) is 82.8 Å². The Morgan fingerprint density at radius 2 is 1.49 bits per heavy atom. The van der Waals surface area contributed by atoms with Crippen LogP contribution in [0.1, 0.15) is 59.5 Å². The Bertz CT molecular complexity index is 1580. The van der Waals surface area contributed by atoms with Gasteiger partial charge in [0.15, 0.2) is 14.9 Å². The quantitative estimate of drug-likeness (QED) is 0.0932. The van der Waals surface area contributed by atoms with E-state index >= 15 is 0 Å². The van der Waals surface area contributed by atoms with Crippen molar-refractivity contribution in [3.05, 3.63) is 131 Å². The minimum Gasteiger partial charge on any atom is -0.488 e. The predicted octanol–water partition coefficient (Wildman–Crippen LogP) is 8.43. The number of alkyl halides is 2. The first-order valence-corrected chi connectivity index (χ1v) is 18.8. The molecule has 0 aliphatic carbocycles. The monoisotopic (exact) mass is 660 g/mol. The van der Waals surface area contributed by atoms with Crippen LogP contribution in [0, 0.1) is 0 Å². The molecule has 0 aliphatic rings. The fraction of sp³-hybridized carbons (Fsp3) is 0.342. The lowest BCUT2D eigenvalue weighted by molar-refractivity contribution is -0.0467. The molecular formula is C38H46F2N2O4Si. The number of rotatable bonds is 16. The Hall–Kier alpha value is -4.05. The molecule has 0 bridgehead atoms. The molecule has 0 unspecified atom stereocenters. The van der Waals surface area contributed by atoms with Gasteiger partial charge in [-0.1, -0.05) is 99.6 Å². The number of hydrogen-bond donors (Lipinski definition) is 2. The van der Waals surface area contributed by atoms with E-state index in [0.717, 1.165) is 16.7 Å². The van der Waals surface area contributed by atoms with Crippen LogP contribution < -0.4 is 20.5 Å². The van der Waals surface area contributed by atoms with Crippen LogP contribution in [0.2, 0.25) is 18.1 Å². The zero-order valence-corrected chi connectivity index (χ0v) is 28.9. The van der Waals surface area contributed by atoms with Gasteiger partial charge in [-0.2, -0.15) is 8.78 Å². The van der Waals surface area contributed by atoms with E-state index in [-0.39, 0.29) is 16.7 Å². The van der Waals surface area contributed by atoms with Gasteiger partial charge < -0.3 is 25.0 Å². The molecule has 4 aromatic rings. The number of hydrogen-bond acceptors (Lipinski definition) is 5. The van der Waals surface area contributed by atoms with Gasteiger partial charge in [0.25, 0.3) is 5.91 Å². The molecule has 250 valence electrons. The Labute approximate surface area is 278 Å². The van der Waals surface area contributed by atoms with Gasteiger partial charge >= 0.3 is 5.92 Å². The number of nitrogens with two attached hydrogens (primary N) is 1. The van der Waals surface area contributed by atoms with Crippen LogP contribution in [-0.2, 0) is 23.4 Å². The van der Waals surface area contributed by atoms with Gasteiger partial charge in [-0.15, -0.1) is 0 Å². The van der Waals surface area contributed by atoms with Crippen LogP contribution in [-0.4, -0.2) is 33.9 Å². The van der Waals surface area contributed by atoms with Crippen molar-refractivity contribution in [2.24, 2.45) is 5.73 Å². The molecule has 0 fully saturated rings. The third-order valence-electron chi connectivity index (χ3n) is 8.58. The Morgan fingerprint density at radius 3 is 2.11 bits per heavy atom. The minimum absolute atomic E-state index is 0.0224. The lowest BCUT2D eigenvalue weighted by Gasteiger charge is -2.39. The van der Waals surface area contributed by atoms with E-state index in [1.54, 1.807) is 42.5 Å². The average Bonchev–Trinajstić information content (AvgIpc) is 3.05. The second kappa shape index (κ2) is 15.7. The van der Waals surface area contributed by atoms with Gasteiger partial charge in [0.2, 0.25) is 0 Å². The Balaban J connectivity index is 1.39. The summed E-state index contributed by atoms with van der Waals surface area (Å²) in [4.78, 5) is 12.5. The Morgan fingerprint density at radius 1 is 0.851 bits per heavy atom. The largest absolute Gasteiger partial charge is 0.488 e. The molecule has 4 rings (SSSR count). The first kappa shape index (κ1) is 35.8. The molecule has 0 aromatic heterocycles. The molecule has 1 atom stereocenters. The highest BCUT2D eigenvalue weighted by atomic mass is 28.4. The van der Waals surface area contributed by atoms with E-state index in [1.807, 2.05) is 48.5 Å². The molecule has 47 heavy (non-hydrogen) atoms. The van der Waals surface area contributed by atoms with E-state index in [0.29, 0.717) is 43.2 Å². The van der Waals surface area contributed by atoms with Crippen LogP contribution in [0.5, 0.6) is 11.5 Å². The number of halogens is 2. The molecule has 4 aromatic carbocycles. The molecule has 0 saturated heterocycles. The van der Waals surface area contributed by atoms with E-state index < -0.39 is 26.8 Å². The molecule has 0 radical (unpaired) electrons. The fourth-order valence-electron chi connectivity index (χ4n) is 4.72. The second-order valence-electron chi connectivity index (χ2n) is 13.2. The summed E-state index contributed by atoms with van der Waals surface area (Å²) >= 11 is 0. The summed E-state index contributed by atoms with van der Waals surface area (Å²) in [5, 5.41) is 3.49. The summed E-state index contributed by atoms with van der Waals surface area (Å²) < 4.78 is 47.2. The van der Waals surface area contributed by atoms with E-state index in [2.05, 4.69) is 39.2 Å². The van der Waals surface area contributed by atoms with Gasteiger partial charge in [0.1, 0.15) is 18.1 Å². The van der Waals surface area contributed by atoms with Gasteiger partial charge in [-0.25, -0.2) is 0 Å². The van der Waals surface area contributed by atoms with Crippen molar-refractivity contribution in [1.29, 1.82) is 0 Å². The highest BCUT2D eigenvalue weighted by Crippen LogP contribution is 2.40. The smallest absolute Gasteiger partial charge is 0.306 e. The van der Waals surface area contributed by atoms with Crippen LogP contribution >= 0.6 is 0 Å². The molecule has 0 aliphatic heterocycles. The molecule has 6 nitrogen and oxygen atoms in total. The highest BCUT2D eigenvalue weighted by molar-refractivity contribution is 6.74. The van der Waals surface area contributed by atoms with Crippen LogP contribution in [0.15, 0.2) is 103 Å². The van der Waals surface area contributed by atoms with Crippen molar-refractivity contribution in [3.63, 3.8) is 0 Å². The first-order valence-electron chi connectivity index (χ1n) is 15.9.